The zero-order valence-corrected chi connectivity index (χ0v) is 12.9. The smallest absolute Gasteiger partial charge is 0.230 e. The van der Waals surface area contributed by atoms with Crippen LogP contribution in [-0.4, -0.2) is 46.3 Å². The van der Waals surface area contributed by atoms with Gasteiger partial charge in [0.05, 0.1) is 18.2 Å². The van der Waals surface area contributed by atoms with Crippen molar-refractivity contribution in [2.45, 2.75) is 25.3 Å². The predicted octanol–water partition coefficient (Wildman–Crippen LogP) is 1.54. The normalized spacial score (nSPS) is 18.8. The standard InChI is InChI=1S/C16H18N6O/c17-10-12-3-4-18-14(9-12)22-7-5-21(6-8-22)11-15-19-20-16(23-15)13-1-2-13/h3-4,9,13H,1-2,5-8,11H2. The van der Waals surface area contributed by atoms with Gasteiger partial charge in [0, 0.05) is 38.3 Å². The van der Waals surface area contributed by atoms with E-state index in [2.05, 4.69) is 31.1 Å². The highest BCUT2D eigenvalue weighted by Gasteiger charge is 2.29. The molecule has 0 amide bonds. The first-order valence-electron chi connectivity index (χ1n) is 7.97. The lowest BCUT2D eigenvalue weighted by Crippen LogP contribution is -2.46. The summed E-state index contributed by atoms with van der Waals surface area (Å²) in [5.74, 6) is 2.89. The van der Waals surface area contributed by atoms with Crippen LogP contribution in [0.1, 0.15) is 36.1 Å². The highest BCUT2D eigenvalue weighted by molar-refractivity contribution is 5.45. The van der Waals surface area contributed by atoms with Crippen molar-refractivity contribution in [2.75, 3.05) is 31.1 Å². The summed E-state index contributed by atoms with van der Waals surface area (Å²) in [6, 6.07) is 5.73. The Bertz CT molecular complexity index is 724. The summed E-state index contributed by atoms with van der Waals surface area (Å²) in [6.07, 6.45) is 4.04. The summed E-state index contributed by atoms with van der Waals surface area (Å²) in [6.45, 7) is 4.30. The van der Waals surface area contributed by atoms with Gasteiger partial charge in [0.2, 0.25) is 11.8 Å². The second-order valence-electron chi connectivity index (χ2n) is 6.09. The number of nitriles is 1. The number of pyridine rings is 1. The van der Waals surface area contributed by atoms with Crippen molar-refractivity contribution < 1.29 is 4.42 Å². The number of nitrogens with zero attached hydrogens (tertiary/aromatic N) is 6. The Hall–Kier alpha value is -2.46. The van der Waals surface area contributed by atoms with Crippen LogP contribution in [0.3, 0.4) is 0 Å². The number of hydrogen-bond acceptors (Lipinski definition) is 7. The van der Waals surface area contributed by atoms with E-state index >= 15 is 0 Å². The van der Waals surface area contributed by atoms with Crippen LogP contribution in [0.2, 0.25) is 0 Å². The third-order valence-electron chi connectivity index (χ3n) is 4.34. The Morgan fingerprint density at radius 1 is 1.22 bits per heavy atom. The summed E-state index contributed by atoms with van der Waals surface area (Å²) in [4.78, 5) is 8.89. The van der Waals surface area contributed by atoms with Crippen LogP contribution in [0.15, 0.2) is 22.7 Å². The molecule has 0 aromatic carbocycles. The topological polar surface area (TPSA) is 82.1 Å². The van der Waals surface area contributed by atoms with E-state index in [9.17, 15) is 0 Å². The molecule has 1 saturated carbocycles. The molecule has 1 aliphatic carbocycles. The molecule has 7 nitrogen and oxygen atoms in total. The maximum Gasteiger partial charge on any atom is 0.230 e. The van der Waals surface area contributed by atoms with Gasteiger partial charge in [0.25, 0.3) is 0 Å². The molecule has 0 N–H and O–H groups in total. The monoisotopic (exact) mass is 310 g/mol. The van der Waals surface area contributed by atoms with E-state index in [4.69, 9.17) is 9.68 Å². The van der Waals surface area contributed by atoms with Crippen LogP contribution < -0.4 is 4.90 Å². The van der Waals surface area contributed by atoms with E-state index in [-0.39, 0.29) is 0 Å². The average Bonchev–Trinajstić information content (AvgIpc) is 3.35. The van der Waals surface area contributed by atoms with Crippen molar-refractivity contribution in [3.05, 3.63) is 35.7 Å². The largest absolute Gasteiger partial charge is 0.424 e. The second kappa shape index (κ2) is 5.97. The van der Waals surface area contributed by atoms with Gasteiger partial charge in [-0.1, -0.05) is 0 Å². The minimum absolute atomic E-state index is 0.506. The van der Waals surface area contributed by atoms with E-state index in [0.717, 1.165) is 37.9 Å². The minimum atomic E-state index is 0.506. The molecular formula is C16H18N6O. The Morgan fingerprint density at radius 2 is 2.04 bits per heavy atom. The van der Waals surface area contributed by atoms with Crippen molar-refractivity contribution in [3.63, 3.8) is 0 Å². The van der Waals surface area contributed by atoms with Crippen molar-refractivity contribution >= 4 is 5.82 Å². The lowest BCUT2D eigenvalue weighted by Gasteiger charge is -2.34. The van der Waals surface area contributed by atoms with Crippen LogP contribution >= 0.6 is 0 Å². The number of rotatable bonds is 4. The predicted molar refractivity (Wildman–Crippen MR) is 82.7 cm³/mol. The van der Waals surface area contributed by atoms with Crippen molar-refractivity contribution in [1.82, 2.24) is 20.1 Å². The molecule has 1 saturated heterocycles. The Morgan fingerprint density at radius 3 is 2.78 bits per heavy atom. The van der Waals surface area contributed by atoms with Gasteiger partial charge in [-0.15, -0.1) is 10.2 Å². The number of aromatic nitrogens is 3. The quantitative estimate of drug-likeness (QED) is 0.847. The van der Waals surface area contributed by atoms with E-state index in [1.165, 1.54) is 12.8 Å². The Kier molecular flexibility index (Phi) is 3.67. The molecule has 2 aromatic heterocycles. The van der Waals surface area contributed by atoms with Gasteiger partial charge in [0.15, 0.2) is 0 Å². The lowest BCUT2D eigenvalue weighted by molar-refractivity contribution is 0.223. The SMILES string of the molecule is N#Cc1ccnc(N2CCN(Cc3nnc(C4CC4)o3)CC2)c1. The van der Waals surface area contributed by atoms with Crippen molar-refractivity contribution in [3.8, 4) is 6.07 Å². The fourth-order valence-corrected chi connectivity index (χ4v) is 2.81. The highest BCUT2D eigenvalue weighted by atomic mass is 16.4. The molecule has 0 bridgehead atoms. The lowest BCUT2D eigenvalue weighted by atomic mass is 10.2. The van der Waals surface area contributed by atoms with Gasteiger partial charge in [-0.2, -0.15) is 5.26 Å². The number of piperazine rings is 1. The first-order chi connectivity index (χ1) is 11.3. The molecule has 2 aromatic rings. The molecule has 23 heavy (non-hydrogen) atoms. The van der Waals surface area contributed by atoms with E-state index in [1.807, 2.05) is 6.07 Å². The fraction of sp³-hybridized carbons (Fsp3) is 0.500. The number of anilines is 1. The van der Waals surface area contributed by atoms with Gasteiger partial charge >= 0.3 is 0 Å². The molecule has 0 unspecified atom stereocenters. The molecule has 7 heteroatoms. The molecule has 2 aliphatic rings. The third kappa shape index (κ3) is 3.17. The minimum Gasteiger partial charge on any atom is -0.424 e. The third-order valence-corrected chi connectivity index (χ3v) is 4.34. The van der Waals surface area contributed by atoms with Crippen molar-refractivity contribution in [2.24, 2.45) is 0 Å². The van der Waals surface area contributed by atoms with E-state index < -0.39 is 0 Å². The van der Waals surface area contributed by atoms with Gasteiger partial charge in [-0.3, -0.25) is 4.90 Å². The van der Waals surface area contributed by atoms with Crippen LogP contribution in [0.25, 0.3) is 0 Å². The molecule has 0 spiro atoms. The van der Waals surface area contributed by atoms with E-state index in [0.29, 0.717) is 23.9 Å². The maximum absolute atomic E-state index is 8.98. The Balaban J connectivity index is 1.34. The molecule has 4 rings (SSSR count). The summed E-state index contributed by atoms with van der Waals surface area (Å²) in [5.41, 5.74) is 0.649. The van der Waals surface area contributed by atoms with Gasteiger partial charge in [0.1, 0.15) is 5.82 Å². The van der Waals surface area contributed by atoms with Gasteiger partial charge < -0.3 is 9.32 Å². The summed E-state index contributed by atoms with van der Waals surface area (Å²) in [7, 11) is 0. The molecule has 0 atom stereocenters. The summed E-state index contributed by atoms with van der Waals surface area (Å²) < 4.78 is 5.73. The first-order valence-corrected chi connectivity index (χ1v) is 7.97. The molecule has 2 fully saturated rings. The maximum atomic E-state index is 8.98. The zero-order chi connectivity index (χ0) is 15.6. The van der Waals surface area contributed by atoms with Crippen LogP contribution in [0.4, 0.5) is 5.82 Å². The molecule has 3 heterocycles. The summed E-state index contributed by atoms with van der Waals surface area (Å²) >= 11 is 0. The second-order valence-corrected chi connectivity index (χ2v) is 6.09. The van der Waals surface area contributed by atoms with Crippen LogP contribution in [-0.2, 0) is 6.54 Å². The zero-order valence-electron chi connectivity index (χ0n) is 12.9. The molecule has 0 radical (unpaired) electrons. The van der Waals surface area contributed by atoms with Crippen LogP contribution in [0, 0.1) is 11.3 Å². The van der Waals surface area contributed by atoms with E-state index in [1.54, 1.807) is 12.3 Å². The Labute approximate surface area is 134 Å². The van der Waals surface area contributed by atoms with Gasteiger partial charge in [-0.25, -0.2) is 4.98 Å². The molecule has 1 aliphatic heterocycles. The highest BCUT2D eigenvalue weighted by Crippen LogP contribution is 2.39. The molecular weight excluding hydrogens is 292 g/mol. The fourth-order valence-electron chi connectivity index (χ4n) is 2.81. The van der Waals surface area contributed by atoms with Crippen molar-refractivity contribution in [1.29, 1.82) is 5.26 Å². The summed E-state index contributed by atoms with van der Waals surface area (Å²) in [5, 5.41) is 17.3. The number of hydrogen-bond donors (Lipinski definition) is 0. The van der Waals surface area contributed by atoms with Gasteiger partial charge in [-0.05, 0) is 25.0 Å². The first kappa shape index (κ1) is 14.2. The van der Waals surface area contributed by atoms with Crippen LogP contribution in [0.5, 0.6) is 0 Å². The average molecular weight is 310 g/mol. The molecule has 118 valence electrons.